The maximum Gasteiger partial charge on any atom is 0.356 e. The second-order valence-corrected chi connectivity index (χ2v) is 8.55. The number of imidazole rings is 1. The number of anilines is 1. The van der Waals surface area contributed by atoms with Crippen LogP contribution < -0.4 is 10.2 Å². The Kier molecular flexibility index (Phi) is 8.27. The Labute approximate surface area is 199 Å². The van der Waals surface area contributed by atoms with E-state index < -0.39 is 11.9 Å². The van der Waals surface area contributed by atoms with Crippen molar-refractivity contribution >= 4 is 45.9 Å². The van der Waals surface area contributed by atoms with Gasteiger partial charge in [0.25, 0.3) is 5.91 Å². The number of aromatic carboxylic acids is 1. The summed E-state index contributed by atoms with van der Waals surface area (Å²) in [6.07, 6.45) is 0.758. The molecule has 2 aromatic heterocycles. The summed E-state index contributed by atoms with van der Waals surface area (Å²) in [5.74, 6) is -2.26. The minimum Gasteiger partial charge on any atom is -0.476 e. The van der Waals surface area contributed by atoms with E-state index in [9.17, 15) is 19.5 Å². The van der Waals surface area contributed by atoms with E-state index in [0.717, 1.165) is 11.3 Å². The number of ether oxygens (including phenoxy) is 2. The van der Waals surface area contributed by atoms with E-state index in [1.807, 2.05) is 18.7 Å². The van der Waals surface area contributed by atoms with Crippen molar-refractivity contribution in [3.63, 3.8) is 0 Å². The number of carbonyl (C=O) groups is 3. The second kappa shape index (κ2) is 10.9. The standard InChI is InChI=1S/C20H26ClN5O6S/c1-4-10-15(21)25-16(22-10)17(27)23-11-7-8-26(9-12(11)31-5-2)20-24-13(18(28)29)14(33-20)19(30)32-6-3/h11-12H,4-9H2,1-3H3,(H,22,25)(H,23,27)(H,28,29)/t11-,12+/m1/s1. The van der Waals surface area contributed by atoms with Gasteiger partial charge in [-0.1, -0.05) is 29.9 Å². The average Bonchev–Trinajstić information content (AvgIpc) is 3.39. The molecule has 3 heterocycles. The first-order chi connectivity index (χ1) is 15.8. The minimum atomic E-state index is -1.30. The second-order valence-electron chi connectivity index (χ2n) is 7.22. The van der Waals surface area contributed by atoms with E-state index in [4.69, 9.17) is 21.1 Å². The molecule has 33 heavy (non-hydrogen) atoms. The molecule has 0 aliphatic carbocycles. The zero-order chi connectivity index (χ0) is 24.1. The third kappa shape index (κ3) is 5.63. The molecular weight excluding hydrogens is 474 g/mol. The number of carboxylic acids is 1. The van der Waals surface area contributed by atoms with Crippen molar-refractivity contribution in [1.82, 2.24) is 20.3 Å². The normalized spacial score (nSPS) is 18.2. The van der Waals surface area contributed by atoms with Crippen LogP contribution in [0.3, 0.4) is 0 Å². The fourth-order valence-corrected chi connectivity index (χ4v) is 4.78. The SMILES string of the molecule is CCOC(=O)c1sc(N2CC[C@@H](NC(=O)c3nc(Cl)c(CC)[nH]3)[C@@H](OCC)C2)nc1C(=O)O. The van der Waals surface area contributed by atoms with E-state index in [-0.39, 0.29) is 46.2 Å². The predicted octanol–water partition coefficient (Wildman–Crippen LogP) is 2.37. The third-order valence-corrected chi connectivity index (χ3v) is 6.51. The van der Waals surface area contributed by atoms with Crippen LogP contribution >= 0.6 is 22.9 Å². The van der Waals surface area contributed by atoms with Gasteiger partial charge in [0.1, 0.15) is 4.88 Å². The lowest BCUT2D eigenvalue weighted by atomic mass is 10.0. The van der Waals surface area contributed by atoms with Crippen LogP contribution in [-0.2, 0) is 15.9 Å². The topological polar surface area (TPSA) is 147 Å². The first-order valence-corrected chi connectivity index (χ1v) is 11.8. The first-order valence-electron chi connectivity index (χ1n) is 10.6. The van der Waals surface area contributed by atoms with Crippen LogP contribution in [0.5, 0.6) is 0 Å². The molecule has 3 N–H and O–H groups in total. The molecule has 11 nitrogen and oxygen atoms in total. The van der Waals surface area contributed by atoms with Crippen molar-refractivity contribution in [3.8, 4) is 0 Å². The van der Waals surface area contributed by atoms with E-state index >= 15 is 0 Å². The Hall–Kier alpha value is -2.70. The van der Waals surface area contributed by atoms with Crippen molar-refractivity contribution in [2.45, 2.75) is 45.8 Å². The Bertz CT molecular complexity index is 1020. The van der Waals surface area contributed by atoms with Crippen LogP contribution in [0.4, 0.5) is 5.13 Å². The molecule has 3 rings (SSSR count). The molecular formula is C20H26ClN5O6S. The van der Waals surface area contributed by atoms with Gasteiger partial charge in [-0.05, 0) is 26.7 Å². The molecule has 2 atom stereocenters. The van der Waals surface area contributed by atoms with Gasteiger partial charge in [-0.15, -0.1) is 0 Å². The van der Waals surface area contributed by atoms with Crippen molar-refractivity contribution in [2.24, 2.45) is 0 Å². The molecule has 0 bridgehead atoms. The highest BCUT2D eigenvalue weighted by Gasteiger charge is 2.34. The molecule has 1 aliphatic rings. The number of amides is 1. The van der Waals surface area contributed by atoms with Gasteiger partial charge in [0, 0.05) is 19.7 Å². The van der Waals surface area contributed by atoms with Crippen LogP contribution in [0.1, 0.15) is 63.7 Å². The summed E-state index contributed by atoms with van der Waals surface area (Å²) in [7, 11) is 0. The van der Waals surface area contributed by atoms with Crippen molar-refractivity contribution in [3.05, 3.63) is 27.2 Å². The van der Waals surface area contributed by atoms with Crippen LogP contribution in [0.2, 0.25) is 5.15 Å². The van der Waals surface area contributed by atoms with Crippen LogP contribution in [0.15, 0.2) is 0 Å². The number of nitrogens with zero attached hydrogens (tertiary/aromatic N) is 3. The smallest absolute Gasteiger partial charge is 0.356 e. The summed E-state index contributed by atoms with van der Waals surface area (Å²) in [6, 6.07) is -0.300. The van der Waals surface area contributed by atoms with Gasteiger partial charge in [-0.25, -0.2) is 19.6 Å². The van der Waals surface area contributed by atoms with E-state index in [0.29, 0.717) is 43.4 Å². The fraction of sp³-hybridized carbons (Fsp3) is 0.550. The quantitative estimate of drug-likeness (QED) is 0.442. The number of aromatic nitrogens is 3. The van der Waals surface area contributed by atoms with Crippen molar-refractivity contribution in [1.29, 1.82) is 0 Å². The largest absolute Gasteiger partial charge is 0.476 e. The number of piperidine rings is 1. The summed E-state index contributed by atoms with van der Waals surface area (Å²) >= 11 is 7.01. The zero-order valence-electron chi connectivity index (χ0n) is 18.5. The van der Waals surface area contributed by atoms with Crippen LogP contribution in [0, 0.1) is 0 Å². The number of aryl methyl sites for hydroxylation is 1. The molecule has 0 saturated carbocycles. The molecule has 0 spiro atoms. The van der Waals surface area contributed by atoms with E-state index in [2.05, 4.69) is 20.3 Å². The molecule has 180 valence electrons. The summed E-state index contributed by atoms with van der Waals surface area (Å²) in [5, 5.41) is 13.1. The van der Waals surface area contributed by atoms with Gasteiger partial charge < -0.3 is 29.8 Å². The van der Waals surface area contributed by atoms with E-state index in [1.54, 1.807) is 6.92 Å². The van der Waals surface area contributed by atoms with Gasteiger partial charge >= 0.3 is 11.9 Å². The Morgan fingerprint density at radius 2 is 2.03 bits per heavy atom. The highest BCUT2D eigenvalue weighted by molar-refractivity contribution is 7.17. The van der Waals surface area contributed by atoms with Gasteiger partial charge in [-0.3, -0.25) is 4.79 Å². The lowest BCUT2D eigenvalue weighted by molar-refractivity contribution is 0.0271. The summed E-state index contributed by atoms with van der Waals surface area (Å²) in [4.78, 5) is 49.4. The third-order valence-electron chi connectivity index (χ3n) is 5.10. The molecule has 1 saturated heterocycles. The Balaban J connectivity index is 1.75. The monoisotopic (exact) mass is 499 g/mol. The number of hydrogen-bond acceptors (Lipinski definition) is 9. The van der Waals surface area contributed by atoms with Gasteiger partial charge in [0.2, 0.25) is 0 Å². The summed E-state index contributed by atoms with van der Waals surface area (Å²) in [6.45, 7) is 6.78. The van der Waals surface area contributed by atoms with Gasteiger partial charge in [0.15, 0.2) is 21.8 Å². The van der Waals surface area contributed by atoms with E-state index in [1.165, 1.54) is 0 Å². The maximum atomic E-state index is 12.7. The van der Waals surface area contributed by atoms with Crippen molar-refractivity contribution < 1.29 is 29.0 Å². The number of H-pyrrole nitrogens is 1. The molecule has 1 fully saturated rings. The molecule has 0 aromatic carbocycles. The highest BCUT2D eigenvalue weighted by Crippen LogP contribution is 2.30. The molecule has 0 unspecified atom stereocenters. The predicted molar refractivity (Wildman–Crippen MR) is 122 cm³/mol. The maximum absolute atomic E-state index is 12.7. The van der Waals surface area contributed by atoms with Crippen molar-refractivity contribution in [2.75, 3.05) is 31.2 Å². The molecule has 0 radical (unpaired) electrons. The lowest BCUT2D eigenvalue weighted by Crippen LogP contribution is -2.55. The number of nitrogens with one attached hydrogen (secondary N) is 2. The first kappa shape index (κ1) is 24.9. The highest BCUT2D eigenvalue weighted by atomic mass is 35.5. The van der Waals surface area contributed by atoms with Gasteiger partial charge in [-0.2, -0.15) is 0 Å². The lowest BCUT2D eigenvalue weighted by Gasteiger charge is -2.38. The Morgan fingerprint density at radius 1 is 1.27 bits per heavy atom. The number of hydrogen-bond donors (Lipinski definition) is 3. The summed E-state index contributed by atoms with van der Waals surface area (Å²) in [5.41, 5.74) is 0.353. The molecule has 2 aromatic rings. The number of halogens is 1. The number of rotatable bonds is 9. The number of carboxylic acid groups (broad SMARTS) is 1. The number of aromatic amines is 1. The Morgan fingerprint density at radius 3 is 2.64 bits per heavy atom. The van der Waals surface area contributed by atoms with Crippen LogP contribution in [0.25, 0.3) is 0 Å². The number of carbonyl (C=O) groups excluding carboxylic acids is 2. The molecule has 1 amide bonds. The average molecular weight is 500 g/mol. The fourth-order valence-electron chi connectivity index (χ4n) is 3.53. The summed E-state index contributed by atoms with van der Waals surface area (Å²) < 4.78 is 10.8. The van der Waals surface area contributed by atoms with Gasteiger partial charge in [0.05, 0.1) is 24.4 Å². The number of esters is 1. The van der Waals surface area contributed by atoms with Crippen LogP contribution in [-0.4, -0.2) is 76.4 Å². The minimum absolute atomic E-state index is 0.0517. The molecule has 13 heteroatoms. The number of thiazole rings is 1. The zero-order valence-corrected chi connectivity index (χ0v) is 20.1. The molecule has 1 aliphatic heterocycles.